The zero-order valence-corrected chi connectivity index (χ0v) is 11.8. The predicted octanol–water partition coefficient (Wildman–Crippen LogP) is 2.49. The van der Waals surface area contributed by atoms with E-state index in [4.69, 9.17) is 4.74 Å². The molecular weight excluding hydrogens is 228 g/mol. The predicted molar refractivity (Wildman–Crippen MR) is 71.3 cm³/mol. The molecule has 1 saturated carbocycles. The third-order valence-electron chi connectivity index (χ3n) is 5.16. The molecule has 0 aromatic carbocycles. The van der Waals surface area contributed by atoms with Gasteiger partial charge in [-0.2, -0.15) is 0 Å². The average molecular weight is 256 g/mol. The monoisotopic (exact) mass is 256 g/mol. The van der Waals surface area contributed by atoms with Gasteiger partial charge >= 0.3 is 0 Å². The number of ether oxygens (including phenoxy) is 1. The summed E-state index contributed by atoms with van der Waals surface area (Å²) in [4.78, 5) is 0. The van der Waals surface area contributed by atoms with E-state index in [0.717, 1.165) is 45.1 Å². The minimum atomic E-state index is -0.573. The summed E-state index contributed by atoms with van der Waals surface area (Å²) in [6.45, 7) is 4.92. The number of hydrogen-bond donors (Lipinski definition) is 2. The van der Waals surface area contributed by atoms with Gasteiger partial charge in [0.05, 0.1) is 17.8 Å². The highest BCUT2D eigenvalue weighted by Crippen LogP contribution is 2.45. The topological polar surface area (TPSA) is 49.7 Å². The van der Waals surface area contributed by atoms with Crippen LogP contribution in [0.4, 0.5) is 0 Å². The first kappa shape index (κ1) is 14.3. The van der Waals surface area contributed by atoms with Crippen molar-refractivity contribution in [2.24, 2.45) is 11.8 Å². The maximum absolute atomic E-state index is 10.4. The van der Waals surface area contributed by atoms with Crippen LogP contribution in [-0.4, -0.2) is 34.6 Å². The van der Waals surface area contributed by atoms with Crippen LogP contribution in [0.15, 0.2) is 0 Å². The van der Waals surface area contributed by atoms with E-state index in [2.05, 4.69) is 13.8 Å². The van der Waals surface area contributed by atoms with E-state index in [1.54, 1.807) is 0 Å². The fourth-order valence-corrected chi connectivity index (χ4v) is 3.61. The highest BCUT2D eigenvalue weighted by Gasteiger charge is 2.45. The lowest BCUT2D eigenvalue weighted by molar-refractivity contribution is -0.169. The smallest absolute Gasteiger partial charge is 0.0831 e. The maximum Gasteiger partial charge on any atom is 0.0831 e. The molecule has 1 spiro atoms. The van der Waals surface area contributed by atoms with Gasteiger partial charge in [0, 0.05) is 6.61 Å². The zero-order valence-electron chi connectivity index (χ0n) is 11.8. The maximum atomic E-state index is 10.4. The van der Waals surface area contributed by atoms with E-state index in [0.29, 0.717) is 0 Å². The van der Waals surface area contributed by atoms with Crippen molar-refractivity contribution in [3.8, 4) is 0 Å². The Kier molecular flexibility index (Phi) is 4.68. The van der Waals surface area contributed by atoms with Gasteiger partial charge < -0.3 is 14.9 Å². The summed E-state index contributed by atoms with van der Waals surface area (Å²) in [5.74, 6) is 0.440. The molecule has 2 aliphatic rings. The van der Waals surface area contributed by atoms with Gasteiger partial charge in [-0.3, -0.25) is 0 Å². The molecule has 18 heavy (non-hydrogen) atoms. The largest absolute Gasteiger partial charge is 0.390 e. The summed E-state index contributed by atoms with van der Waals surface area (Å²) >= 11 is 0. The fourth-order valence-electron chi connectivity index (χ4n) is 3.61. The number of aliphatic hydroxyl groups excluding tert-OH is 2. The Morgan fingerprint density at radius 1 is 1.22 bits per heavy atom. The van der Waals surface area contributed by atoms with Gasteiger partial charge in [-0.1, -0.05) is 26.7 Å². The van der Waals surface area contributed by atoms with Gasteiger partial charge in [0.25, 0.3) is 0 Å². The first-order chi connectivity index (χ1) is 8.62. The van der Waals surface area contributed by atoms with Crippen molar-refractivity contribution in [2.75, 3.05) is 6.61 Å². The van der Waals surface area contributed by atoms with E-state index in [1.807, 2.05) is 0 Å². The van der Waals surface area contributed by atoms with Crippen LogP contribution in [0.1, 0.15) is 58.8 Å². The molecule has 3 heteroatoms. The summed E-state index contributed by atoms with van der Waals surface area (Å²) in [6, 6.07) is 0. The minimum Gasteiger partial charge on any atom is -0.390 e. The highest BCUT2D eigenvalue weighted by atomic mass is 16.5. The summed E-state index contributed by atoms with van der Waals surface area (Å²) < 4.78 is 5.88. The number of aliphatic hydroxyl groups is 2. The molecule has 0 bridgehead atoms. The van der Waals surface area contributed by atoms with Crippen molar-refractivity contribution in [3.05, 3.63) is 0 Å². The summed E-state index contributed by atoms with van der Waals surface area (Å²) in [6.07, 6.45) is 6.07. The molecule has 0 radical (unpaired) electrons. The quantitative estimate of drug-likeness (QED) is 0.794. The first-order valence-corrected chi connectivity index (χ1v) is 7.62. The second kappa shape index (κ2) is 5.89. The Balaban J connectivity index is 1.93. The molecule has 0 aromatic heterocycles. The lowest BCUT2D eigenvalue weighted by Gasteiger charge is -2.48. The summed E-state index contributed by atoms with van der Waals surface area (Å²) in [5, 5.41) is 20.7. The Morgan fingerprint density at radius 2 is 1.89 bits per heavy atom. The highest BCUT2D eigenvalue weighted by molar-refractivity contribution is 4.96. The molecule has 1 heterocycles. The molecule has 2 N–H and O–H groups in total. The van der Waals surface area contributed by atoms with E-state index in [9.17, 15) is 10.2 Å². The molecule has 3 atom stereocenters. The average Bonchev–Trinajstić information content (AvgIpc) is 2.37. The van der Waals surface area contributed by atoms with Crippen molar-refractivity contribution in [3.63, 3.8) is 0 Å². The molecule has 1 aliphatic heterocycles. The van der Waals surface area contributed by atoms with E-state index in [-0.39, 0.29) is 17.4 Å². The first-order valence-electron chi connectivity index (χ1n) is 7.62. The van der Waals surface area contributed by atoms with Crippen LogP contribution in [0, 0.1) is 11.8 Å². The Hall–Kier alpha value is -0.120. The molecule has 1 aliphatic carbocycles. The SMILES string of the molecule is CCC(CC)C(O)C(O)C1CCOC2(CCC2)C1. The molecule has 2 fully saturated rings. The Labute approximate surface area is 111 Å². The fraction of sp³-hybridized carbons (Fsp3) is 1.00. The van der Waals surface area contributed by atoms with Crippen LogP contribution < -0.4 is 0 Å². The van der Waals surface area contributed by atoms with Crippen LogP contribution in [0.2, 0.25) is 0 Å². The summed E-state index contributed by atoms with van der Waals surface area (Å²) in [7, 11) is 0. The summed E-state index contributed by atoms with van der Waals surface area (Å²) in [5.41, 5.74) is 0.0531. The van der Waals surface area contributed by atoms with Gasteiger partial charge in [0.15, 0.2) is 0 Å². The van der Waals surface area contributed by atoms with Crippen LogP contribution in [0.25, 0.3) is 0 Å². The van der Waals surface area contributed by atoms with E-state index in [1.165, 1.54) is 6.42 Å². The number of rotatable bonds is 5. The van der Waals surface area contributed by atoms with Crippen LogP contribution in [0.5, 0.6) is 0 Å². The van der Waals surface area contributed by atoms with E-state index >= 15 is 0 Å². The lowest BCUT2D eigenvalue weighted by Crippen LogP contribution is -2.50. The molecule has 1 saturated heterocycles. The normalized spacial score (nSPS) is 30.2. The second-order valence-corrected chi connectivity index (χ2v) is 6.20. The van der Waals surface area contributed by atoms with Crippen molar-refractivity contribution in [1.82, 2.24) is 0 Å². The lowest BCUT2D eigenvalue weighted by atomic mass is 9.69. The van der Waals surface area contributed by atoms with Gasteiger partial charge in [0.2, 0.25) is 0 Å². The van der Waals surface area contributed by atoms with Crippen molar-refractivity contribution in [1.29, 1.82) is 0 Å². The molecule has 106 valence electrons. The third-order valence-corrected chi connectivity index (χ3v) is 5.16. The van der Waals surface area contributed by atoms with E-state index < -0.39 is 12.2 Å². The van der Waals surface area contributed by atoms with Crippen molar-refractivity contribution >= 4 is 0 Å². The van der Waals surface area contributed by atoms with Crippen LogP contribution >= 0.6 is 0 Å². The second-order valence-electron chi connectivity index (χ2n) is 6.20. The minimum absolute atomic E-state index is 0.0531. The zero-order chi connectivity index (χ0) is 13.2. The van der Waals surface area contributed by atoms with Crippen LogP contribution in [0.3, 0.4) is 0 Å². The van der Waals surface area contributed by atoms with Crippen molar-refractivity contribution in [2.45, 2.75) is 76.6 Å². The van der Waals surface area contributed by atoms with Gasteiger partial charge in [-0.15, -0.1) is 0 Å². The molecule has 3 unspecified atom stereocenters. The molecule has 2 rings (SSSR count). The number of hydrogen-bond acceptors (Lipinski definition) is 3. The Bertz CT molecular complexity index is 258. The molecular formula is C15H28O3. The third kappa shape index (κ3) is 2.73. The van der Waals surface area contributed by atoms with Crippen LogP contribution in [-0.2, 0) is 4.74 Å². The Morgan fingerprint density at radius 3 is 2.39 bits per heavy atom. The van der Waals surface area contributed by atoms with Crippen molar-refractivity contribution < 1.29 is 14.9 Å². The standard InChI is InChI=1S/C15H28O3/c1-3-11(4-2)13(16)14(17)12-6-9-18-15(10-12)7-5-8-15/h11-14,16-17H,3-10H2,1-2H3. The molecule has 3 nitrogen and oxygen atoms in total. The van der Waals surface area contributed by atoms with Gasteiger partial charge in [-0.25, -0.2) is 0 Å². The van der Waals surface area contributed by atoms with Gasteiger partial charge in [0.1, 0.15) is 0 Å². The van der Waals surface area contributed by atoms with Gasteiger partial charge in [-0.05, 0) is 43.9 Å². The molecule has 0 aromatic rings. The molecule has 0 amide bonds.